The molecule has 0 spiro atoms. The van der Waals surface area contributed by atoms with Crippen molar-refractivity contribution in [3.63, 3.8) is 0 Å². The monoisotopic (exact) mass is 464 g/mol. The van der Waals surface area contributed by atoms with Gasteiger partial charge in [-0.15, -0.1) is 0 Å². The molecule has 8 heteroatoms. The molecule has 0 heterocycles. The Labute approximate surface area is 194 Å². The van der Waals surface area contributed by atoms with Gasteiger partial charge in [0.15, 0.2) is 5.78 Å². The number of methoxy groups -OCH3 is 1. The lowest BCUT2D eigenvalue weighted by Crippen LogP contribution is -2.39. The molecule has 0 fully saturated rings. The maximum Gasteiger partial charge on any atom is 0.328 e. The Morgan fingerprint density at radius 1 is 0.941 bits per heavy atom. The SMILES string of the molecule is COC(=O)[C@H](C)NC(=O)c1ccc2c(c1)C(=O)c1ccc(Nc3ccc(F)cc3F)cc1CC2. The van der Waals surface area contributed by atoms with Gasteiger partial charge in [-0.1, -0.05) is 6.07 Å². The van der Waals surface area contributed by atoms with Crippen LogP contribution in [0, 0.1) is 11.6 Å². The van der Waals surface area contributed by atoms with Crippen LogP contribution in [0.5, 0.6) is 0 Å². The Hall–Kier alpha value is -4.07. The Morgan fingerprint density at radius 2 is 1.71 bits per heavy atom. The van der Waals surface area contributed by atoms with Crippen LogP contribution in [0.2, 0.25) is 0 Å². The molecule has 3 aromatic carbocycles. The standard InChI is InChI=1S/C26H22F2N2O4/c1-14(26(33)34-2)29-25(32)17-6-4-15-3-5-16-11-19(8-9-20(16)24(31)21(15)12-17)30-23-10-7-18(27)13-22(23)28/h4,6-14,30H,3,5H2,1-2H3,(H,29,32)/t14-/m0/s1. The third-order valence-corrected chi connectivity index (χ3v) is 5.74. The van der Waals surface area contributed by atoms with E-state index < -0.39 is 29.6 Å². The number of carbonyl (C=O) groups excluding carboxylic acids is 3. The van der Waals surface area contributed by atoms with Crippen LogP contribution in [0.15, 0.2) is 54.6 Å². The number of benzene rings is 3. The van der Waals surface area contributed by atoms with E-state index >= 15 is 0 Å². The molecule has 3 aromatic rings. The molecule has 0 radical (unpaired) electrons. The number of carbonyl (C=O) groups is 3. The molecule has 1 aliphatic rings. The Bertz CT molecular complexity index is 1310. The first-order chi connectivity index (χ1) is 16.3. The van der Waals surface area contributed by atoms with Gasteiger partial charge in [0.1, 0.15) is 17.7 Å². The van der Waals surface area contributed by atoms with E-state index in [1.165, 1.54) is 26.2 Å². The van der Waals surface area contributed by atoms with Crippen molar-refractivity contribution in [2.75, 3.05) is 12.4 Å². The average Bonchev–Trinajstić information content (AvgIpc) is 2.96. The Morgan fingerprint density at radius 3 is 2.44 bits per heavy atom. The largest absolute Gasteiger partial charge is 0.467 e. The molecule has 4 rings (SSSR count). The van der Waals surface area contributed by atoms with E-state index in [9.17, 15) is 23.2 Å². The second-order valence-corrected chi connectivity index (χ2v) is 8.04. The van der Waals surface area contributed by atoms with E-state index in [0.717, 1.165) is 23.3 Å². The van der Waals surface area contributed by atoms with Crippen LogP contribution >= 0.6 is 0 Å². The van der Waals surface area contributed by atoms with Gasteiger partial charge in [-0.05, 0) is 73.4 Å². The summed E-state index contributed by atoms with van der Waals surface area (Å²) in [4.78, 5) is 37.5. The third kappa shape index (κ3) is 4.66. The Kier molecular flexibility index (Phi) is 6.40. The highest BCUT2D eigenvalue weighted by Crippen LogP contribution is 2.29. The average molecular weight is 464 g/mol. The summed E-state index contributed by atoms with van der Waals surface area (Å²) in [7, 11) is 1.24. The molecule has 0 saturated carbocycles. The molecule has 6 nitrogen and oxygen atoms in total. The van der Waals surface area contributed by atoms with E-state index in [4.69, 9.17) is 0 Å². The van der Waals surface area contributed by atoms with Gasteiger partial charge in [-0.3, -0.25) is 9.59 Å². The lowest BCUT2D eigenvalue weighted by molar-refractivity contribution is -0.142. The van der Waals surface area contributed by atoms with Crippen molar-refractivity contribution in [1.29, 1.82) is 0 Å². The highest BCUT2D eigenvalue weighted by molar-refractivity contribution is 6.12. The van der Waals surface area contributed by atoms with Gasteiger partial charge in [-0.2, -0.15) is 0 Å². The summed E-state index contributed by atoms with van der Waals surface area (Å²) in [6, 6.07) is 12.4. The van der Waals surface area contributed by atoms with Gasteiger partial charge in [0, 0.05) is 28.4 Å². The van der Waals surface area contributed by atoms with Gasteiger partial charge in [0.05, 0.1) is 12.8 Å². The van der Waals surface area contributed by atoms with Gasteiger partial charge >= 0.3 is 5.97 Å². The highest BCUT2D eigenvalue weighted by atomic mass is 19.1. The number of halogens is 2. The predicted octanol–water partition coefficient (Wildman–Crippen LogP) is 4.33. The molecule has 174 valence electrons. The van der Waals surface area contributed by atoms with Crippen molar-refractivity contribution >= 4 is 29.0 Å². The van der Waals surface area contributed by atoms with Crippen molar-refractivity contribution in [3.05, 3.63) is 94.0 Å². The topological polar surface area (TPSA) is 84.5 Å². The maximum atomic E-state index is 14.0. The number of anilines is 2. The summed E-state index contributed by atoms with van der Waals surface area (Å²) in [6.07, 6.45) is 1.14. The van der Waals surface area contributed by atoms with Gasteiger partial charge in [0.2, 0.25) is 0 Å². The van der Waals surface area contributed by atoms with Crippen molar-refractivity contribution in [2.24, 2.45) is 0 Å². The molecule has 1 atom stereocenters. The summed E-state index contributed by atoms with van der Waals surface area (Å²) >= 11 is 0. The zero-order valence-corrected chi connectivity index (χ0v) is 18.6. The van der Waals surface area contributed by atoms with Crippen molar-refractivity contribution in [2.45, 2.75) is 25.8 Å². The number of hydrogen-bond acceptors (Lipinski definition) is 5. The number of rotatable bonds is 5. The van der Waals surface area contributed by atoms with Crippen molar-refractivity contribution in [3.8, 4) is 0 Å². The maximum absolute atomic E-state index is 14.0. The molecule has 0 bridgehead atoms. The zero-order valence-electron chi connectivity index (χ0n) is 18.6. The van der Waals surface area contributed by atoms with Crippen LogP contribution in [0.1, 0.15) is 44.3 Å². The molecular weight excluding hydrogens is 442 g/mol. The van der Waals surface area contributed by atoms with Crippen LogP contribution in [0.4, 0.5) is 20.2 Å². The summed E-state index contributed by atoms with van der Waals surface area (Å²) in [5, 5.41) is 5.47. The van der Waals surface area contributed by atoms with Crippen LogP contribution < -0.4 is 10.6 Å². The highest BCUT2D eigenvalue weighted by Gasteiger charge is 2.24. The van der Waals surface area contributed by atoms with E-state index in [0.29, 0.717) is 29.7 Å². The molecule has 1 aliphatic carbocycles. The number of fused-ring (bicyclic) bond motifs is 2. The smallest absolute Gasteiger partial charge is 0.328 e. The minimum absolute atomic E-state index is 0.126. The van der Waals surface area contributed by atoms with E-state index in [1.54, 1.807) is 30.3 Å². The number of esters is 1. The van der Waals surface area contributed by atoms with Gasteiger partial charge < -0.3 is 15.4 Å². The molecule has 1 amide bonds. The number of ketones is 1. The van der Waals surface area contributed by atoms with Crippen LogP contribution in [-0.2, 0) is 22.4 Å². The minimum atomic E-state index is -0.829. The van der Waals surface area contributed by atoms with E-state index in [1.807, 2.05) is 0 Å². The number of nitrogens with one attached hydrogen (secondary N) is 2. The number of aryl methyl sites for hydroxylation is 2. The van der Waals surface area contributed by atoms with Crippen LogP contribution in [0.25, 0.3) is 0 Å². The van der Waals surface area contributed by atoms with Crippen LogP contribution in [-0.4, -0.2) is 30.8 Å². The second kappa shape index (κ2) is 9.43. The van der Waals surface area contributed by atoms with Crippen LogP contribution in [0.3, 0.4) is 0 Å². The quantitative estimate of drug-likeness (QED) is 0.549. The molecule has 0 aromatic heterocycles. The normalized spacial score (nSPS) is 13.2. The molecule has 34 heavy (non-hydrogen) atoms. The lowest BCUT2D eigenvalue weighted by atomic mass is 9.96. The molecule has 0 aliphatic heterocycles. The first-order valence-electron chi connectivity index (χ1n) is 10.7. The lowest BCUT2D eigenvalue weighted by Gasteiger charge is -2.13. The van der Waals surface area contributed by atoms with Gasteiger partial charge in [0.25, 0.3) is 5.91 Å². The molecule has 0 unspecified atom stereocenters. The summed E-state index contributed by atoms with van der Waals surface area (Å²) in [6.45, 7) is 1.51. The number of hydrogen-bond donors (Lipinski definition) is 2. The number of ether oxygens (including phenoxy) is 1. The third-order valence-electron chi connectivity index (χ3n) is 5.74. The van der Waals surface area contributed by atoms with Crippen molar-refractivity contribution in [1.82, 2.24) is 5.32 Å². The zero-order chi connectivity index (χ0) is 24.4. The van der Waals surface area contributed by atoms with Crippen molar-refractivity contribution < 1.29 is 27.9 Å². The minimum Gasteiger partial charge on any atom is -0.467 e. The fourth-order valence-electron chi connectivity index (χ4n) is 3.92. The van der Waals surface area contributed by atoms with E-state index in [-0.39, 0.29) is 17.0 Å². The summed E-state index contributed by atoms with van der Waals surface area (Å²) in [5.41, 5.74) is 3.45. The first-order valence-corrected chi connectivity index (χ1v) is 10.7. The molecule has 0 saturated heterocycles. The Balaban J connectivity index is 1.59. The summed E-state index contributed by atoms with van der Waals surface area (Å²) < 4.78 is 31.8. The van der Waals surface area contributed by atoms with Gasteiger partial charge in [-0.25, -0.2) is 13.6 Å². The number of amides is 1. The fourth-order valence-corrected chi connectivity index (χ4v) is 3.92. The van der Waals surface area contributed by atoms with E-state index in [2.05, 4.69) is 15.4 Å². The fraction of sp³-hybridized carbons (Fsp3) is 0.192. The predicted molar refractivity (Wildman–Crippen MR) is 122 cm³/mol. The first kappa shape index (κ1) is 23.1. The molecule has 2 N–H and O–H groups in total. The molecular formula is C26H22F2N2O4. The second-order valence-electron chi connectivity index (χ2n) is 8.04. The summed E-state index contributed by atoms with van der Waals surface area (Å²) in [5.74, 6) is -2.67.